The van der Waals surface area contributed by atoms with Crippen LogP contribution in [0.1, 0.15) is 27.9 Å². The zero-order chi connectivity index (χ0) is 13.1. The summed E-state index contributed by atoms with van der Waals surface area (Å²) in [6, 6.07) is 11.0. The molecular formula is C13H11Br2NO2. The van der Waals surface area contributed by atoms with Gasteiger partial charge in [0.25, 0.3) is 5.91 Å². The molecule has 0 radical (unpaired) electrons. The molecular weight excluding hydrogens is 362 g/mol. The largest absolute Gasteiger partial charge is 0.444 e. The van der Waals surface area contributed by atoms with Gasteiger partial charge in [-0.1, -0.05) is 34.1 Å². The quantitative estimate of drug-likeness (QED) is 0.790. The minimum absolute atomic E-state index is 0.164. The molecule has 0 aliphatic heterocycles. The molecule has 18 heavy (non-hydrogen) atoms. The third kappa shape index (κ3) is 3.03. The van der Waals surface area contributed by atoms with Gasteiger partial charge in [-0.3, -0.25) is 4.79 Å². The van der Waals surface area contributed by atoms with Crippen LogP contribution in [0.25, 0.3) is 0 Å². The molecule has 0 aliphatic carbocycles. The maximum atomic E-state index is 12.0. The van der Waals surface area contributed by atoms with Gasteiger partial charge >= 0.3 is 0 Å². The van der Waals surface area contributed by atoms with Crippen LogP contribution in [0.15, 0.2) is 45.5 Å². The van der Waals surface area contributed by atoms with E-state index in [0.29, 0.717) is 4.67 Å². The van der Waals surface area contributed by atoms with E-state index < -0.39 is 0 Å². The van der Waals surface area contributed by atoms with E-state index in [9.17, 15) is 4.79 Å². The van der Waals surface area contributed by atoms with Crippen molar-refractivity contribution in [2.75, 3.05) is 5.32 Å². The van der Waals surface area contributed by atoms with Crippen LogP contribution in [0, 0.1) is 0 Å². The number of amides is 1. The van der Waals surface area contributed by atoms with Crippen LogP contribution in [0.5, 0.6) is 0 Å². The van der Waals surface area contributed by atoms with Crippen molar-refractivity contribution in [1.29, 1.82) is 0 Å². The SMILES string of the molecule is CC(Br)c1ccccc1NC(=O)c1ccc(Br)o1. The maximum absolute atomic E-state index is 12.0. The minimum atomic E-state index is -0.263. The Hall–Kier alpha value is -1.07. The number of para-hydroxylation sites is 1. The monoisotopic (exact) mass is 371 g/mol. The number of hydrogen-bond acceptors (Lipinski definition) is 2. The lowest BCUT2D eigenvalue weighted by Gasteiger charge is -2.11. The van der Waals surface area contributed by atoms with Crippen molar-refractivity contribution in [2.45, 2.75) is 11.8 Å². The topological polar surface area (TPSA) is 42.2 Å². The highest BCUT2D eigenvalue weighted by molar-refractivity contribution is 9.10. The number of hydrogen-bond donors (Lipinski definition) is 1. The highest BCUT2D eigenvalue weighted by atomic mass is 79.9. The first-order chi connectivity index (χ1) is 8.58. The molecule has 1 atom stereocenters. The fourth-order valence-electron chi connectivity index (χ4n) is 1.58. The third-order valence-corrected chi connectivity index (χ3v) is 3.35. The summed E-state index contributed by atoms with van der Waals surface area (Å²) in [5, 5.41) is 2.84. The zero-order valence-electron chi connectivity index (χ0n) is 9.61. The lowest BCUT2D eigenvalue weighted by Crippen LogP contribution is -2.12. The molecule has 2 rings (SSSR count). The normalized spacial score (nSPS) is 12.2. The van der Waals surface area contributed by atoms with Crippen molar-refractivity contribution in [3.8, 4) is 0 Å². The Labute approximate surface area is 122 Å². The van der Waals surface area contributed by atoms with E-state index in [1.165, 1.54) is 0 Å². The fourth-order valence-corrected chi connectivity index (χ4v) is 2.28. The Bertz CT molecular complexity index is 564. The number of benzene rings is 1. The van der Waals surface area contributed by atoms with Crippen LogP contribution in [0.3, 0.4) is 0 Å². The van der Waals surface area contributed by atoms with Gasteiger partial charge in [0.15, 0.2) is 10.4 Å². The number of carbonyl (C=O) groups excluding carboxylic acids is 1. The molecule has 1 heterocycles. The lowest BCUT2D eigenvalue weighted by molar-refractivity contribution is 0.0995. The summed E-state index contributed by atoms with van der Waals surface area (Å²) in [6.45, 7) is 2.01. The Morgan fingerprint density at radius 1 is 1.28 bits per heavy atom. The summed E-state index contributed by atoms with van der Waals surface area (Å²) in [5.74, 6) is 0.0141. The average molecular weight is 373 g/mol. The molecule has 0 aliphatic rings. The van der Waals surface area contributed by atoms with E-state index in [2.05, 4.69) is 37.2 Å². The number of halogens is 2. The number of anilines is 1. The second kappa shape index (κ2) is 5.71. The summed E-state index contributed by atoms with van der Waals surface area (Å²) >= 11 is 6.67. The average Bonchev–Trinajstić information content (AvgIpc) is 2.76. The highest BCUT2D eigenvalue weighted by Crippen LogP contribution is 2.29. The minimum Gasteiger partial charge on any atom is -0.444 e. The summed E-state index contributed by atoms with van der Waals surface area (Å²) in [5.41, 5.74) is 1.80. The molecule has 1 amide bonds. The summed E-state index contributed by atoms with van der Waals surface area (Å²) in [7, 11) is 0. The second-order valence-corrected chi connectivity index (χ2v) is 5.92. The first-order valence-corrected chi connectivity index (χ1v) is 7.08. The Morgan fingerprint density at radius 3 is 2.61 bits per heavy atom. The molecule has 3 nitrogen and oxygen atoms in total. The molecule has 1 unspecified atom stereocenters. The molecule has 2 aromatic rings. The van der Waals surface area contributed by atoms with Gasteiger partial charge in [0.05, 0.1) is 0 Å². The van der Waals surface area contributed by atoms with Crippen molar-refractivity contribution >= 4 is 43.5 Å². The van der Waals surface area contributed by atoms with Gasteiger partial charge in [-0.25, -0.2) is 0 Å². The molecule has 0 saturated heterocycles. The number of rotatable bonds is 3. The van der Waals surface area contributed by atoms with E-state index >= 15 is 0 Å². The van der Waals surface area contributed by atoms with E-state index in [4.69, 9.17) is 4.42 Å². The van der Waals surface area contributed by atoms with Crippen LogP contribution in [0.4, 0.5) is 5.69 Å². The Morgan fingerprint density at radius 2 is 2.00 bits per heavy atom. The van der Waals surface area contributed by atoms with E-state index in [-0.39, 0.29) is 16.5 Å². The van der Waals surface area contributed by atoms with E-state index in [0.717, 1.165) is 11.3 Å². The number of alkyl halides is 1. The van der Waals surface area contributed by atoms with Crippen molar-refractivity contribution < 1.29 is 9.21 Å². The molecule has 0 saturated carbocycles. The summed E-state index contributed by atoms with van der Waals surface area (Å²) < 4.78 is 5.75. The third-order valence-electron chi connectivity index (χ3n) is 2.43. The van der Waals surface area contributed by atoms with Crippen LogP contribution in [0.2, 0.25) is 0 Å². The predicted molar refractivity (Wildman–Crippen MR) is 78.1 cm³/mol. The Kier molecular flexibility index (Phi) is 4.24. The lowest BCUT2D eigenvalue weighted by atomic mass is 10.1. The first-order valence-electron chi connectivity index (χ1n) is 5.37. The van der Waals surface area contributed by atoms with Crippen molar-refractivity contribution in [3.05, 3.63) is 52.4 Å². The zero-order valence-corrected chi connectivity index (χ0v) is 12.8. The van der Waals surface area contributed by atoms with Crippen LogP contribution >= 0.6 is 31.9 Å². The van der Waals surface area contributed by atoms with Gasteiger partial charge in [-0.2, -0.15) is 0 Å². The summed E-state index contributed by atoms with van der Waals surface area (Å²) in [4.78, 5) is 12.1. The second-order valence-electron chi connectivity index (χ2n) is 3.76. The van der Waals surface area contributed by atoms with Crippen molar-refractivity contribution in [1.82, 2.24) is 0 Å². The van der Waals surface area contributed by atoms with Gasteiger partial charge < -0.3 is 9.73 Å². The Balaban J connectivity index is 2.22. The molecule has 1 aromatic heterocycles. The predicted octanol–water partition coefficient (Wildman–Crippen LogP) is 4.75. The standard InChI is InChI=1S/C13H11Br2NO2/c1-8(14)9-4-2-3-5-10(9)16-13(17)11-6-7-12(15)18-11/h2-8H,1H3,(H,16,17). The molecule has 1 N–H and O–H groups in total. The van der Waals surface area contributed by atoms with Gasteiger partial charge in [0, 0.05) is 10.5 Å². The molecule has 94 valence electrons. The van der Waals surface area contributed by atoms with Gasteiger partial charge in [-0.05, 0) is 46.6 Å². The highest BCUT2D eigenvalue weighted by Gasteiger charge is 2.14. The van der Waals surface area contributed by atoms with Gasteiger partial charge in [-0.15, -0.1) is 0 Å². The van der Waals surface area contributed by atoms with Crippen molar-refractivity contribution in [2.24, 2.45) is 0 Å². The van der Waals surface area contributed by atoms with Crippen LogP contribution < -0.4 is 5.32 Å². The number of carbonyl (C=O) groups is 1. The number of furan rings is 1. The van der Waals surface area contributed by atoms with E-state index in [1.54, 1.807) is 12.1 Å². The molecule has 5 heteroatoms. The van der Waals surface area contributed by atoms with Gasteiger partial charge in [0.2, 0.25) is 0 Å². The maximum Gasteiger partial charge on any atom is 0.291 e. The van der Waals surface area contributed by atoms with Crippen LogP contribution in [-0.4, -0.2) is 5.91 Å². The molecule has 1 aromatic carbocycles. The molecule has 0 spiro atoms. The molecule has 0 fully saturated rings. The van der Waals surface area contributed by atoms with Gasteiger partial charge in [0.1, 0.15) is 0 Å². The summed E-state index contributed by atoms with van der Waals surface area (Å²) in [6.07, 6.45) is 0. The number of nitrogens with one attached hydrogen (secondary N) is 1. The van der Waals surface area contributed by atoms with E-state index in [1.807, 2.05) is 31.2 Å². The van der Waals surface area contributed by atoms with Crippen molar-refractivity contribution in [3.63, 3.8) is 0 Å². The molecule has 0 bridgehead atoms. The smallest absolute Gasteiger partial charge is 0.291 e. The van der Waals surface area contributed by atoms with Crippen LogP contribution in [-0.2, 0) is 0 Å². The fraction of sp³-hybridized carbons (Fsp3) is 0.154. The first kappa shape index (κ1) is 13.4.